The third kappa shape index (κ3) is 4.60. The molecular weight excluding hydrogens is 255 g/mol. The quantitative estimate of drug-likeness (QED) is 0.867. The molecule has 110 valence electrons. The number of nitrogens with one attached hydrogen (secondary N) is 2. The van der Waals surface area contributed by atoms with Crippen molar-refractivity contribution in [3.05, 3.63) is 30.1 Å². The van der Waals surface area contributed by atoms with Gasteiger partial charge in [0.05, 0.1) is 6.54 Å². The van der Waals surface area contributed by atoms with Crippen molar-refractivity contribution < 1.29 is 9.18 Å². The van der Waals surface area contributed by atoms with Gasteiger partial charge in [0.1, 0.15) is 5.82 Å². The fraction of sp³-hybridized carbons (Fsp3) is 0.562. The number of hydrogen-bond donors (Lipinski definition) is 2. The van der Waals surface area contributed by atoms with Crippen molar-refractivity contribution in [1.82, 2.24) is 5.32 Å². The summed E-state index contributed by atoms with van der Waals surface area (Å²) in [5.41, 5.74) is 0.628. The largest absolute Gasteiger partial charge is 0.325 e. The molecule has 20 heavy (non-hydrogen) atoms. The second-order valence-corrected chi connectivity index (χ2v) is 5.62. The van der Waals surface area contributed by atoms with Gasteiger partial charge in [-0.25, -0.2) is 4.39 Å². The Morgan fingerprint density at radius 1 is 1.25 bits per heavy atom. The van der Waals surface area contributed by atoms with Crippen molar-refractivity contribution in [2.24, 2.45) is 5.92 Å². The van der Waals surface area contributed by atoms with Gasteiger partial charge < -0.3 is 10.6 Å². The third-order valence-corrected chi connectivity index (χ3v) is 4.07. The Hall–Kier alpha value is -1.42. The molecule has 1 aliphatic carbocycles. The third-order valence-electron chi connectivity index (χ3n) is 4.07. The fourth-order valence-electron chi connectivity index (χ4n) is 2.79. The lowest BCUT2D eigenvalue weighted by atomic mass is 9.84. The summed E-state index contributed by atoms with van der Waals surface area (Å²) in [7, 11) is 0. The summed E-state index contributed by atoms with van der Waals surface area (Å²) < 4.78 is 12.8. The number of halogens is 1. The van der Waals surface area contributed by atoms with E-state index in [2.05, 4.69) is 17.6 Å². The maximum atomic E-state index is 12.8. The molecule has 4 heteroatoms. The molecule has 0 saturated heterocycles. The Morgan fingerprint density at radius 3 is 2.55 bits per heavy atom. The highest BCUT2D eigenvalue weighted by Gasteiger charge is 2.20. The van der Waals surface area contributed by atoms with E-state index in [-0.39, 0.29) is 11.7 Å². The standard InChI is InChI=1S/C16H23FN2O/c1-12(13-5-3-2-4-6-13)18-11-16(20)19-15-9-7-14(17)8-10-15/h7-10,12-13,18H,2-6,11H2,1H3,(H,19,20)/t12-/m0/s1. The zero-order chi connectivity index (χ0) is 14.4. The molecule has 0 unspecified atom stereocenters. The number of rotatable bonds is 5. The molecule has 0 bridgehead atoms. The van der Waals surface area contributed by atoms with Gasteiger partial charge in [-0.2, -0.15) is 0 Å². The van der Waals surface area contributed by atoms with Crippen LogP contribution in [0.1, 0.15) is 39.0 Å². The van der Waals surface area contributed by atoms with Gasteiger partial charge >= 0.3 is 0 Å². The normalized spacial score (nSPS) is 17.7. The van der Waals surface area contributed by atoms with Crippen LogP contribution in [0.4, 0.5) is 10.1 Å². The van der Waals surface area contributed by atoms with Gasteiger partial charge in [0, 0.05) is 11.7 Å². The molecule has 2 N–H and O–H groups in total. The van der Waals surface area contributed by atoms with Crippen molar-refractivity contribution in [3.63, 3.8) is 0 Å². The van der Waals surface area contributed by atoms with Crippen molar-refractivity contribution in [2.45, 2.75) is 45.1 Å². The monoisotopic (exact) mass is 278 g/mol. The van der Waals surface area contributed by atoms with Crippen LogP contribution in [-0.2, 0) is 4.79 Å². The first-order valence-corrected chi connectivity index (χ1v) is 7.44. The summed E-state index contributed by atoms with van der Waals surface area (Å²) in [5.74, 6) is 0.300. The summed E-state index contributed by atoms with van der Waals surface area (Å²) in [5, 5.41) is 6.06. The van der Waals surface area contributed by atoms with Crippen LogP contribution in [0.5, 0.6) is 0 Å². The van der Waals surface area contributed by atoms with Crippen LogP contribution in [0.2, 0.25) is 0 Å². The van der Waals surface area contributed by atoms with E-state index in [0.717, 1.165) is 0 Å². The SMILES string of the molecule is C[C@H](NCC(=O)Nc1ccc(F)cc1)C1CCCCC1. The Kier molecular flexibility index (Phi) is 5.53. The number of hydrogen-bond acceptors (Lipinski definition) is 2. The van der Waals surface area contributed by atoms with E-state index in [1.54, 1.807) is 12.1 Å². The van der Waals surface area contributed by atoms with Crippen LogP contribution in [0.3, 0.4) is 0 Å². The zero-order valence-electron chi connectivity index (χ0n) is 12.0. The molecule has 2 rings (SSSR count). The average molecular weight is 278 g/mol. The predicted octanol–water partition coefficient (Wildman–Crippen LogP) is 3.32. The highest BCUT2D eigenvalue weighted by Crippen LogP contribution is 2.26. The second-order valence-electron chi connectivity index (χ2n) is 5.62. The molecule has 1 aliphatic rings. The molecule has 0 heterocycles. The Morgan fingerprint density at radius 2 is 1.90 bits per heavy atom. The topological polar surface area (TPSA) is 41.1 Å². The smallest absolute Gasteiger partial charge is 0.238 e. The summed E-state index contributed by atoms with van der Waals surface area (Å²) >= 11 is 0. The Labute approximate surface area is 120 Å². The van der Waals surface area contributed by atoms with Crippen molar-refractivity contribution in [1.29, 1.82) is 0 Å². The van der Waals surface area contributed by atoms with Crippen LogP contribution >= 0.6 is 0 Å². The molecule has 1 fully saturated rings. The Bertz CT molecular complexity index is 427. The van der Waals surface area contributed by atoms with E-state index in [1.165, 1.54) is 44.2 Å². The maximum absolute atomic E-state index is 12.8. The number of carbonyl (C=O) groups excluding carboxylic acids is 1. The van der Waals surface area contributed by atoms with Crippen molar-refractivity contribution >= 4 is 11.6 Å². The molecule has 1 aromatic rings. The highest BCUT2D eigenvalue weighted by atomic mass is 19.1. The average Bonchev–Trinajstić information content (AvgIpc) is 2.48. The molecule has 0 spiro atoms. The predicted molar refractivity (Wildman–Crippen MR) is 79.1 cm³/mol. The van der Waals surface area contributed by atoms with E-state index < -0.39 is 0 Å². The lowest BCUT2D eigenvalue weighted by Gasteiger charge is -2.28. The molecule has 1 saturated carbocycles. The van der Waals surface area contributed by atoms with E-state index in [9.17, 15) is 9.18 Å². The Balaban J connectivity index is 1.72. The van der Waals surface area contributed by atoms with Crippen LogP contribution in [0.25, 0.3) is 0 Å². The highest BCUT2D eigenvalue weighted by molar-refractivity contribution is 5.92. The minimum atomic E-state index is -0.299. The minimum absolute atomic E-state index is 0.0840. The zero-order valence-corrected chi connectivity index (χ0v) is 12.0. The molecule has 0 aromatic heterocycles. The van der Waals surface area contributed by atoms with Gasteiger partial charge in [-0.3, -0.25) is 4.79 Å². The summed E-state index contributed by atoms with van der Waals surface area (Å²) in [6.45, 7) is 2.45. The van der Waals surface area contributed by atoms with E-state index in [4.69, 9.17) is 0 Å². The first-order chi connectivity index (χ1) is 9.65. The first-order valence-electron chi connectivity index (χ1n) is 7.44. The number of benzene rings is 1. The van der Waals surface area contributed by atoms with E-state index in [1.807, 2.05) is 0 Å². The second kappa shape index (κ2) is 7.39. The molecule has 3 nitrogen and oxygen atoms in total. The van der Waals surface area contributed by atoms with Gasteiger partial charge in [-0.05, 0) is 49.9 Å². The van der Waals surface area contributed by atoms with Crippen molar-refractivity contribution in [3.8, 4) is 0 Å². The van der Waals surface area contributed by atoms with Gasteiger partial charge in [-0.15, -0.1) is 0 Å². The molecule has 1 atom stereocenters. The van der Waals surface area contributed by atoms with Crippen LogP contribution in [0.15, 0.2) is 24.3 Å². The van der Waals surface area contributed by atoms with E-state index in [0.29, 0.717) is 24.2 Å². The van der Waals surface area contributed by atoms with Gasteiger partial charge in [0.2, 0.25) is 5.91 Å². The lowest BCUT2D eigenvalue weighted by Crippen LogP contribution is -2.39. The number of amides is 1. The van der Waals surface area contributed by atoms with E-state index >= 15 is 0 Å². The molecule has 1 amide bonds. The first kappa shape index (κ1) is 15.0. The molecule has 0 radical (unpaired) electrons. The van der Waals surface area contributed by atoms with Crippen LogP contribution in [-0.4, -0.2) is 18.5 Å². The molecule has 0 aliphatic heterocycles. The summed E-state index contributed by atoms with van der Waals surface area (Å²) in [6, 6.07) is 6.19. The van der Waals surface area contributed by atoms with Crippen LogP contribution in [0, 0.1) is 11.7 Å². The van der Waals surface area contributed by atoms with Gasteiger partial charge in [0.25, 0.3) is 0 Å². The minimum Gasteiger partial charge on any atom is -0.325 e. The lowest BCUT2D eigenvalue weighted by molar-refractivity contribution is -0.115. The van der Waals surface area contributed by atoms with Crippen LogP contribution < -0.4 is 10.6 Å². The summed E-state index contributed by atoms with van der Waals surface area (Å²) in [6.07, 6.45) is 6.46. The maximum Gasteiger partial charge on any atom is 0.238 e. The number of carbonyl (C=O) groups is 1. The van der Waals surface area contributed by atoms with Gasteiger partial charge in [-0.1, -0.05) is 19.3 Å². The summed E-state index contributed by atoms with van der Waals surface area (Å²) in [4.78, 5) is 11.8. The number of anilines is 1. The fourth-order valence-corrected chi connectivity index (χ4v) is 2.79. The molecule has 1 aromatic carbocycles. The van der Waals surface area contributed by atoms with Gasteiger partial charge in [0.15, 0.2) is 0 Å². The van der Waals surface area contributed by atoms with Crippen molar-refractivity contribution in [2.75, 3.05) is 11.9 Å². The molecular formula is C16H23FN2O.